The molecular formula is C47H79N8O13P. The first-order chi connectivity index (χ1) is 33.1. The molecule has 9 atom stereocenters. The molecule has 0 aromatic carbocycles. The molecule has 3 aromatic rings. The number of phosphoric acid groups is 1. The molecule has 1 amide bonds. The molecule has 0 saturated carbocycles. The van der Waals surface area contributed by atoms with Crippen molar-refractivity contribution in [3.63, 3.8) is 0 Å². The third-order valence-corrected chi connectivity index (χ3v) is 14.0. The lowest BCUT2D eigenvalue weighted by molar-refractivity contribution is -0.135. The van der Waals surface area contributed by atoms with Crippen LogP contribution in [0.2, 0.25) is 0 Å². The first kappa shape index (κ1) is 56.1. The van der Waals surface area contributed by atoms with Gasteiger partial charge in [0.1, 0.15) is 24.4 Å². The molecule has 2 fully saturated rings. The van der Waals surface area contributed by atoms with Gasteiger partial charge in [0.2, 0.25) is 11.9 Å². The minimum absolute atomic E-state index is 0.0234. The molecule has 5 heterocycles. The van der Waals surface area contributed by atoms with E-state index in [4.69, 9.17) is 38.5 Å². The van der Waals surface area contributed by atoms with Crippen LogP contribution >= 0.6 is 7.82 Å². The van der Waals surface area contributed by atoms with E-state index >= 15 is 0 Å². The summed E-state index contributed by atoms with van der Waals surface area (Å²) in [5.41, 5.74) is 4.18. The number of imidazole rings is 1. The maximum absolute atomic E-state index is 14.6. The highest BCUT2D eigenvalue weighted by Crippen LogP contribution is 2.50. The molecular weight excluding hydrogens is 916 g/mol. The summed E-state index contributed by atoms with van der Waals surface area (Å²) in [6.07, 6.45) is 13.4. The van der Waals surface area contributed by atoms with E-state index in [1.54, 1.807) is 18.7 Å². The number of phosphoric ester groups is 1. The summed E-state index contributed by atoms with van der Waals surface area (Å²) < 4.78 is 58.5. The number of ether oxygens (including phenoxy) is 5. The van der Waals surface area contributed by atoms with Crippen molar-refractivity contribution in [2.75, 3.05) is 39.6 Å². The molecule has 0 bridgehead atoms. The van der Waals surface area contributed by atoms with E-state index in [1.165, 1.54) is 106 Å². The minimum atomic E-state index is -4.75. The quantitative estimate of drug-likeness (QED) is 0.0384. The molecule has 2 aliphatic rings. The molecule has 3 aromatic heterocycles. The number of hydrogen-bond acceptors (Lipinski definition) is 15. The highest BCUT2D eigenvalue weighted by molar-refractivity contribution is 7.47. The Bertz CT molecular complexity index is 2250. The molecule has 5 N–H and O–H groups in total. The van der Waals surface area contributed by atoms with Crippen LogP contribution in [0.25, 0.3) is 11.2 Å². The van der Waals surface area contributed by atoms with E-state index < -0.39 is 79.6 Å². The Morgan fingerprint density at radius 1 is 0.841 bits per heavy atom. The van der Waals surface area contributed by atoms with Gasteiger partial charge in [-0.15, -0.1) is 0 Å². The molecule has 1 unspecified atom stereocenters. The van der Waals surface area contributed by atoms with Gasteiger partial charge in [-0.3, -0.25) is 42.5 Å². The number of aromatic amines is 2. The number of aromatic nitrogens is 6. The number of carbonyl (C=O) groups is 1. The van der Waals surface area contributed by atoms with Gasteiger partial charge < -0.3 is 39.2 Å². The van der Waals surface area contributed by atoms with E-state index in [1.807, 2.05) is 13.8 Å². The highest BCUT2D eigenvalue weighted by atomic mass is 31.2. The lowest BCUT2D eigenvalue weighted by atomic mass is 9.93. The normalized spacial score (nSPS) is 23.7. The number of nitrogen functional groups attached to an aromatic ring is 1. The van der Waals surface area contributed by atoms with Crippen LogP contribution in [-0.2, 0) is 42.1 Å². The number of hydrogen-bond donors (Lipinski definition) is 4. The van der Waals surface area contributed by atoms with Gasteiger partial charge in [0.05, 0.1) is 31.2 Å². The van der Waals surface area contributed by atoms with E-state index in [-0.39, 0.29) is 55.2 Å². The van der Waals surface area contributed by atoms with Gasteiger partial charge >= 0.3 is 13.5 Å². The average Bonchev–Trinajstić information content (AvgIpc) is 3.97. The zero-order valence-corrected chi connectivity index (χ0v) is 42.6. The summed E-state index contributed by atoms with van der Waals surface area (Å²) in [7, 11) is -1.86. The number of unbranched alkanes of at least 4 members (excludes halogenated alkanes) is 14. The molecule has 2 aliphatic heterocycles. The van der Waals surface area contributed by atoms with Crippen molar-refractivity contribution in [2.45, 2.75) is 199 Å². The summed E-state index contributed by atoms with van der Waals surface area (Å²) in [5, 5.41) is 0. The van der Waals surface area contributed by atoms with Crippen molar-refractivity contribution < 1.29 is 47.0 Å². The largest absolute Gasteiger partial charge is 0.472 e. The Morgan fingerprint density at radius 2 is 1.43 bits per heavy atom. The van der Waals surface area contributed by atoms with Gasteiger partial charge in [0.15, 0.2) is 23.6 Å². The summed E-state index contributed by atoms with van der Waals surface area (Å²) in [6.45, 7) is 9.40. The predicted molar refractivity (Wildman–Crippen MR) is 260 cm³/mol. The second kappa shape index (κ2) is 27.7. The number of amides is 1. The van der Waals surface area contributed by atoms with Crippen molar-refractivity contribution in [1.82, 2.24) is 34.0 Å². The van der Waals surface area contributed by atoms with Gasteiger partial charge in [-0.05, 0) is 40.5 Å². The number of methoxy groups -OCH3 is 2. The molecule has 2 saturated heterocycles. The lowest BCUT2D eigenvalue weighted by Gasteiger charge is -2.31. The zero-order valence-electron chi connectivity index (χ0n) is 41.8. The fraction of sp³-hybridized carbons (Fsp3) is 0.787. The van der Waals surface area contributed by atoms with Gasteiger partial charge in [-0.2, -0.15) is 4.98 Å². The van der Waals surface area contributed by atoms with Crippen LogP contribution in [0.3, 0.4) is 0 Å². The molecule has 22 heteroatoms. The van der Waals surface area contributed by atoms with Crippen molar-refractivity contribution in [3.05, 3.63) is 49.8 Å². The van der Waals surface area contributed by atoms with Crippen LogP contribution in [0.5, 0.6) is 0 Å². The Kier molecular flexibility index (Phi) is 22.5. The van der Waals surface area contributed by atoms with Gasteiger partial charge in [-0.25, -0.2) is 14.3 Å². The Labute approximate surface area is 405 Å². The van der Waals surface area contributed by atoms with E-state index in [9.17, 15) is 28.6 Å². The Balaban J connectivity index is 1.36. The number of H-pyrrole nitrogens is 2. The molecule has 390 valence electrons. The van der Waals surface area contributed by atoms with Crippen LogP contribution in [0.4, 0.5) is 5.95 Å². The van der Waals surface area contributed by atoms with Crippen LogP contribution < -0.4 is 22.5 Å². The topological polar surface area (TPSA) is 267 Å². The molecule has 69 heavy (non-hydrogen) atoms. The molecule has 0 spiro atoms. The minimum Gasteiger partial charge on any atom is -0.376 e. The van der Waals surface area contributed by atoms with Crippen molar-refractivity contribution in [3.8, 4) is 0 Å². The Hall–Kier alpha value is -3.79. The second-order valence-electron chi connectivity index (χ2n) is 18.9. The van der Waals surface area contributed by atoms with Gasteiger partial charge in [0, 0.05) is 51.9 Å². The van der Waals surface area contributed by atoms with Crippen LogP contribution in [0.1, 0.15) is 156 Å². The third kappa shape index (κ3) is 16.4. The van der Waals surface area contributed by atoms with E-state index in [0.717, 1.165) is 25.7 Å². The van der Waals surface area contributed by atoms with Gasteiger partial charge in [-0.1, -0.05) is 96.8 Å². The van der Waals surface area contributed by atoms with E-state index in [2.05, 4.69) is 26.9 Å². The number of nitrogens with zero attached hydrogens (tertiary/aromatic N) is 5. The summed E-state index contributed by atoms with van der Waals surface area (Å²) >= 11 is 0. The van der Waals surface area contributed by atoms with Crippen molar-refractivity contribution >= 4 is 30.8 Å². The number of nitrogens with two attached hydrogens (primary N) is 1. The number of rotatable bonds is 32. The fourth-order valence-corrected chi connectivity index (χ4v) is 10.5. The summed E-state index contributed by atoms with van der Waals surface area (Å²) in [4.78, 5) is 78.2. The number of anilines is 1. The number of carbonyl (C=O) groups excluding carboxylic acids is 1. The van der Waals surface area contributed by atoms with Crippen molar-refractivity contribution in [1.29, 1.82) is 0 Å². The molecule has 21 nitrogen and oxygen atoms in total. The zero-order chi connectivity index (χ0) is 50.1. The second-order valence-corrected chi connectivity index (χ2v) is 20.2. The third-order valence-electron chi connectivity index (χ3n) is 12.8. The highest BCUT2D eigenvalue weighted by Gasteiger charge is 2.52. The van der Waals surface area contributed by atoms with Crippen LogP contribution in [0.15, 0.2) is 33.0 Å². The maximum atomic E-state index is 14.6. The Morgan fingerprint density at radius 3 is 2.01 bits per heavy atom. The summed E-state index contributed by atoms with van der Waals surface area (Å²) in [6, 6.07) is 1.23. The average molecular weight is 995 g/mol. The molecule has 0 radical (unpaired) electrons. The summed E-state index contributed by atoms with van der Waals surface area (Å²) in [5.74, 6) is -0.763. The monoisotopic (exact) mass is 995 g/mol. The van der Waals surface area contributed by atoms with Crippen LogP contribution in [-0.4, -0.2) is 121 Å². The first-order valence-corrected chi connectivity index (χ1v) is 26.6. The van der Waals surface area contributed by atoms with E-state index in [0.29, 0.717) is 12.8 Å². The van der Waals surface area contributed by atoms with Crippen LogP contribution in [0, 0.1) is 5.92 Å². The van der Waals surface area contributed by atoms with Crippen molar-refractivity contribution in [2.24, 2.45) is 5.92 Å². The fourth-order valence-electron chi connectivity index (χ4n) is 9.40. The predicted octanol–water partition coefficient (Wildman–Crippen LogP) is 6.51. The number of nitrogens with one attached hydrogen (secondary N) is 2. The SMILES string of the molecule is CCCCCCCCCCCCCCCCCC(=O)N(CC[C@H]1[C@@H](OC)[C@H](n2ccc(=O)[nH]c2=O)O[C@@H]1COC(C)C)C[C@H]1O[C@@H](n2cnc3c(=O)[nH]c(N)nc32)[C@H](OC)[C@@H]1OP(=O)(O)OC(C)C. The smallest absolute Gasteiger partial charge is 0.376 e. The number of fused-ring (bicyclic) bond motifs is 1. The molecule has 0 aliphatic carbocycles. The standard InChI is InChI=1S/C47H79N8O13P/c1-8-9-10-11-12-13-14-15-16-17-18-19-20-21-22-23-37(57)53(26-24-33-35(29-64-31(2)3)66-44(39(33)62-6)54-27-25-36(56)50-47(54)59)28-34-40(68-69(60,61)67-32(4)5)41(63-7)45(65-34)55-30-49-38-42(55)51-46(48)52-43(38)58/h25,27,30-35,39-41,44-45H,8-24,26,28-29H2,1-7H3,(H,60,61)(H,50,56,59)(H3,48,51,52,58)/t33-,34-,35-,39-,40-,41-,44-,45-/m1/s1. The molecule has 5 rings (SSSR count). The van der Waals surface area contributed by atoms with Gasteiger partial charge in [0.25, 0.3) is 11.1 Å². The first-order valence-electron chi connectivity index (χ1n) is 25.1. The maximum Gasteiger partial charge on any atom is 0.472 e. The lowest BCUT2D eigenvalue weighted by Crippen LogP contribution is -2.45.